The van der Waals surface area contributed by atoms with Crippen LogP contribution in [-0.4, -0.2) is 55.1 Å². The summed E-state index contributed by atoms with van der Waals surface area (Å²) in [6.45, 7) is 8.07. The third kappa shape index (κ3) is 5.34. The van der Waals surface area contributed by atoms with E-state index in [1.54, 1.807) is 6.20 Å². The number of hydrogen-bond donors (Lipinski definition) is 2. The lowest BCUT2D eigenvalue weighted by Gasteiger charge is -2.33. The summed E-state index contributed by atoms with van der Waals surface area (Å²) in [5.41, 5.74) is 6.63. The smallest absolute Gasteiger partial charge is 0.241 e. The fraction of sp³-hybridized carbons (Fsp3) is 0.625. The molecule has 23 heavy (non-hydrogen) atoms. The summed E-state index contributed by atoms with van der Waals surface area (Å²) in [6, 6.07) is 3.36. The molecule has 2 atom stereocenters. The Balaban J connectivity index is 0.00000264. The third-order valence-corrected chi connectivity index (χ3v) is 4.40. The molecule has 1 aliphatic heterocycles. The fourth-order valence-corrected chi connectivity index (χ4v) is 2.42. The van der Waals surface area contributed by atoms with Gasteiger partial charge in [0.15, 0.2) is 0 Å². The van der Waals surface area contributed by atoms with Crippen molar-refractivity contribution < 1.29 is 4.79 Å². The minimum absolute atomic E-state index is 0. The van der Waals surface area contributed by atoms with Gasteiger partial charge in [-0.15, -0.1) is 12.4 Å². The first-order valence-corrected chi connectivity index (χ1v) is 7.97. The molecular weight excluding hydrogens is 314 g/mol. The lowest BCUT2D eigenvalue weighted by Crippen LogP contribution is -2.44. The van der Waals surface area contributed by atoms with Crippen molar-refractivity contribution in [3.05, 3.63) is 18.3 Å². The van der Waals surface area contributed by atoms with Crippen molar-refractivity contribution in [3.63, 3.8) is 0 Å². The van der Waals surface area contributed by atoms with Gasteiger partial charge in [-0.1, -0.05) is 20.3 Å². The van der Waals surface area contributed by atoms with Crippen LogP contribution in [0.4, 0.5) is 11.5 Å². The molecule has 3 N–H and O–H groups in total. The Morgan fingerprint density at radius 3 is 2.52 bits per heavy atom. The van der Waals surface area contributed by atoms with E-state index in [1.807, 2.05) is 26.0 Å². The molecule has 2 heterocycles. The number of likely N-dealkylation sites (N-methyl/N-ethyl adjacent to an activating group) is 1. The molecule has 1 aromatic heterocycles. The highest BCUT2D eigenvalue weighted by Crippen LogP contribution is 2.16. The summed E-state index contributed by atoms with van der Waals surface area (Å²) in [5, 5.41) is 2.84. The predicted octanol–water partition coefficient (Wildman–Crippen LogP) is 1.57. The number of nitrogens with zero attached hydrogens (tertiary/aromatic N) is 3. The Bertz CT molecular complexity index is 488. The van der Waals surface area contributed by atoms with Crippen molar-refractivity contribution in [1.82, 2.24) is 9.88 Å². The molecule has 1 aliphatic rings. The molecule has 0 bridgehead atoms. The number of nitrogens with one attached hydrogen (secondary N) is 1. The highest BCUT2D eigenvalue weighted by atomic mass is 35.5. The summed E-state index contributed by atoms with van der Waals surface area (Å²) < 4.78 is 0. The van der Waals surface area contributed by atoms with Gasteiger partial charge in [-0.05, 0) is 25.1 Å². The minimum Gasteiger partial charge on any atom is -0.354 e. The maximum absolute atomic E-state index is 12.1. The molecule has 1 fully saturated rings. The summed E-state index contributed by atoms with van der Waals surface area (Å²) >= 11 is 0. The minimum atomic E-state index is -0.484. The monoisotopic (exact) mass is 341 g/mol. The van der Waals surface area contributed by atoms with E-state index in [-0.39, 0.29) is 24.2 Å². The molecule has 6 nitrogen and oxygen atoms in total. The number of anilines is 2. The van der Waals surface area contributed by atoms with E-state index in [2.05, 4.69) is 27.1 Å². The molecule has 130 valence electrons. The van der Waals surface area contributed by atoms with Crippen LogP contribution in [-0.2, 0) is 4.79 Å². The second kappa shape index (κ2) is 9.05. The first kappa shape index (κ1) is 19.7. The van der Waals surface area contributed by atoms with Crippen molar-refractivity contribution >= 4 is 29.8 Å². The number of carbonyl (C=O) groups is 1. The summed E-state index contributed by atoms with van der Waals surface area (Å²) in [6.07, 6.45) is 2.59. The number of carbonyl (C=O) groups excluding carboxylic acids is 1. The van der Waals surface area contributed by atoms with Gasteiger partial charge in [0.05, 0.1) is 17.9 Å². The molecule has 0 aromatic carbocycles. The number of halogens is 1. The van der Waals surface area contributed by atoms with Crippen LogP contribution in [0.5, 0.6) is 0 Å². The van der Waals surface area contributed by atoms with E-state index >= 15 is 0 Å². The van der Waals surface area contributed by atoms with Crippen LogP contribution in [0.25, 0.3) is 0 Å². The molecule has 0 saturated carbocycles. The van der Waals surface area contributed by atoms with Crippen LogP contribution in [0.15, 0.2) is 18.3 Å². The van der Waals surface area contributed by atoms with Gasteiger partial charge in [-0.3, -0.25) is 4.79 Å². The van der Waals surface area contributed by atoms with Gasteiger partial charge < -0.3 is 20.9 Å². The average Bonchev–Trinajstić information content (AvgIpc) is 2.55. The quantitative estimate of drug-likeness (QED) is 0.850. The van der Waals surface area contributed by atoms with Gasteiger partial charge >= 0.3 is 0 Å². The Morgan fingerprint density at radius 1 is 1.35 bits per heavy atom. The number of amides is 1. The van der Waals surface area contributed by atoms with Crippen LogP contribution < -0.4 is 16.0 Å². The Kier molecular flexibility index (Phi) is 7.75. The van der Waals surface area contributed by atoms with Gasteiger partial charge in [0.2, 0.25) is 5.91 Å². The Morgan fingerprint density at radius 2 is 2.00 bits per heavy atom. The molecule has 0 spiro atoms. The topological polar surface area (TPSA) is 74.5 Å². The van der Waals surface area contributed by atoms with E-state index in [0.717, 1.165) is 38.4 Å². The molecule has 7 heteroatoms. The van der Waals surface area contributed by atoms with E-state index in [4.69, 9.17) is 5.73 Å². The van der Waals surface area contributed by atoms with Gasteiger partial charge in [0.25, 0.3) is 0 Å². The zero-order chi connectivity index (χ0) is 16.1. The van der Waals surface area contributed by atoms with Crippen LogP contribution in [0.2, 0.25) is 0 Å². The predicted molar refractivity (Wildman–Crippen MR) is 97.3 cm³/mol. The summed E-state index contributed by atoms with van der Waals surface area (Å²) in [7, 11) is 2.13. The number of hydrogen-bond acceptors (Lipinski definition) is 5. The fourth-order valence-electron chi connectivity index (χ4n) is 2.42. The summed E-state index contributed by atoms with van der Waals surface area (Å²) in [5.74, 6) is 0.971. The van der Waals surface area contributed by atoms with Crippen LogP contribution >= 0.6 is 12.4 Å². The van der Waals surface area contributed by atoms with E-state index < -0.39 is 6.04 Å². The molecule has 2 unspecified atom stereocenters. The van der Waals surface area contributed by atoms with Crippen molar-refractivity contribution in [2.45, 2.75) is 26.3 Å². The molecule has 1 saturated heterocycles. The maximum Gasteiger partial charge on any atom is 0.241 e. The third-order valence-electron chi connectivity index (χ3n) is 4.40. The average molecular weight is 342 g/mol. The number of nitrogens with two attached hydrogens (primary N) is 1. The summed E-state index contributed by atoms with van der Waals surface area (Å²) in [4.78, 5) is 21.1. The Hall–Kier alpha value is -1.37. The van der Waals surface area contributed by atoms with E-state index in [0.29, 0.717) is 5.69 Å². The number of rotatable bonds is 5. The lowest BCUT2D eigenvalue weighted by molar-refractivity contribution is -0.118. The van der Waals surface area contributed by atoms with Crippen molar-refractivity contribution in [1.29, 1.82) is 0 Å². The van der Waals surface area contributed by atoms with Crippen LogP contribution in [0.3, 0.4) is 0 Å². The van der Waals surface area contributed by atoms with E-state index in [1.165, 1.54) is 0 Å². The first-order valence-electron chi connectivity index (χ1n) is 7.97. The highest BCUT2D eigenvalue weighted by molar-refractivity contribution is 5.94. The Labute approximate surface area is 144 Å². The molecule has 1 amide bonds. The van der Waals surface area contributed by atoms with E-state index in [9.17, 15) is 4.79 Å². The second-order valence-corrected chi connectivity index (χ2v) is 6.10. The van der Waals surface area contributed by atoms with Crippen molar-refractivity contribution in [3.8, 4) is 0 Å². The molecule has 1 aromatic rings. The van der Waals surface area contributed by atoms with Gasteiger partial charge in [-0.25, -0.2) is 4.98 Å². The first-order chi connectivity index (χ1) is 10.5. The lowest BCUT2D eigenvalue weighted by atomic mass is 9.99. The molecular formula is C16H28ClN5O. The largest absolute Gasteiger partial charge is 0.354 e. The number of piperazine rings is 1. The van der Waals surface area contributed by atoms with Gasteiger partial charge in [0.1, 0.15) is 5.82 Å². The van der Waals surface area contributed by atoms with Crippen LogP contribution in [0, 0.1) is 5.92 Å². The SMILES string of the molecule is CCC(C)C(N)C(=O)Nc1ccc(N2CCN(C)CC2)nc1.Cl. The van der Waals surface area contributed by atoms with Crippen molar-refractivity contribution in [2.75, 3.05) is 43.4 Å². The molecule has 0 radical (unpaired) electrons. The molecule has 0 aliphatic carbocycles. The number of pyridine rings is 1. The number of aromatic nitrogens is 1. The highest BCUT2D eigenvalue weighted by Gasteiger charge is 2.20. The van der Waals surface area contributed by atoms with Crippen LogP contribution in [0.1, 0.15) is 20.3 Å². The normalized spacial score (nSPS) is 18.0. The van der Waals surface area contributed by atoms with Gasteiger partial charge in [-0.2, -0.15) is 0 Å². The maximum atomic E-state index is 12.1. The standard InChI is InChI=1S/C16H27N5O.ClH/c1-4-12(2)15(17)16(22)19-13-5-6-14(18-11-13)21-9-7-20(3)8-10-21;/h5-6,11-12,15H,4,7-10,17H2,1-3H3,(H,19,22);1H. The van der Waals surface area contributed by atoms with Gasteiger partial charge in [0, 0.05) is 26.2 Å². The van der Waals surface area contributed by atoms with Crippen molar-refractivity contribution in [2.24, 2.45) is 11.7 Å². The molecule has 2 rings (SSSR count). The zero-order valence-electron chi connectivity index (χ0n) is 14.2. The zero-order valence-corrected chi connectivity index (χ0v) is 15.0. The second-order valence-electron chi connectivity index (χ2n) is 6.10.